The van der Waals surface area contributed by atoms with E-state index < -0.39 is 95.2 Å². The van der Waals surface area contributed by atoms with Crippen molar-refractivity contribution in [3.05, 3.63) is 59.2 Å². The van der Waals surface area contributed by atoms with E-state index in [1.54, 1.807) is 12.2 Å². The summed E-state index contributed by atoms with van der Waals surface area (Å²) in [4.78, 5) is 89.2. The molecule has 7 aliphatic carbocycles. The number of ketones is 2. The number of aliphatic carboxylic acids is 1. The molecule has 8 aliphatic rings. The monoisotopic (exact) mass is 958 g/mol. The number of allylic oxidation sites excluding steroid dienone is 4. The number of ether oxygens (including phenoxy) is 2. The van der Waals surface area contributed by atoms with Crippen LogP contribution in [0.5, 0.6) is 0 Å². The van der Waals surface area contributed by atoms with Gasteiger partial charge in [0.15, 0.2) is 23.5 Å². The Balaban J connectivity index is 0.842. The fourth-order valence-corrected chi connectivity index (χ4v) is 14.2. The number of nitrogens with one attached hydrogen (secondary N) is 5. The molecule has 0 spiro atoms. The molecule has 376 valence electrons. The van der Waals surface area contributed by atoms with Crippen LogP contribution in [0, 0.1) is 34.0 Å². The molecular formula is C52H71N5O12. The Morgan fingerprint density at radius 1 is 0.942 bits per heavy atom. The predicted octanol–water partition coefficient (Wildman–Crippen LogP) is 3.01. The molecule has 1 aromatic rings. The number of aliphatic hydroxyl groups excluding tert-OH is 2. The van der Waals surface area contributed by atoms with Crippen LogP contribution in [0.4, 0.5) is 0 Å². The third-order valence-corrected chi connectivity index (χ3v) is 17.0. The molecule has 0 unspecified atom stereocenters. The predicted molar refractivity (Wildman–Crippen MR) is 251 cm³/mol. The highest BCUT2D eigenvalue weighted by Crippen LogP contribution is 2.71. The highest BCUT2D eigenvalue weighted by molar-refractivity contribution is 6.01. The standard InChI is InChI=1S/C52H71N5O12/c1-29(2)53-19-7-6-8-37(55-30(3)59)45(66)54-24-42(63)56-38(15-16-43(64)65)46(67)57-51-26-50(27-51,28-51)22-31-9-11-32(12-10-31)47-68-41-21-36-35-14-13-33-20-34(60)17-18-48(33,4)44(35)39(61)23-49(36,5)52(41,69-47)40(62)25-58/h9-12,17-18,20,29,35-39,41,44,47,53,58,61H,6-8,13-16,19,21-28H2,1-5H3,(H,54,66)(H,55,59)(H,56,63)(H,57,67)(H,64,65)/t35-,36-,37-,38-,39-,41+,44+,47+,48-,49-,50?,51?,52+/m0/s1. The lowest BCUT2D eigenvalue weighted by atomic mass is 9.38. The van der Waals surface area contributed by atoms with E-state index >= 15 is 0 Å². The highest BCUT2D eigenvalue weighted by Gasteiger charge is 2.76. The molecule has 4 amide bonds. The van der Waals surface area contributed by atoms with Gasteiger partial charge in [-0.05, 0) is 119 Å². The summed E-state index contributed by atoms with van der Waals surface area (Å²) >= 11 is 0. The smallest absolute Gasteiger partial charge is 0.303 e. The van der Waals surface area contributed by atoms with E-state index in [0.29, 0.717) is 51.0 Å². The molecule has 0 radical (unpaired) electrons. The summed E-state index contributed by atoms with van der Waals surface area (Å²) in [6.07, 6.45) is 9.61. The zero-order valence-electron chi connectivity index (χ0n) is 40.6. The van der Waals surface area contributed by atoms with Crippen molar-refractivity contribution in [3.8, 4) is 0 Å². The van der Waals surface area contributed by atoms with Crippen LogP contribution in [0.25, 0.3) is 0 Å². The van der Waals surface area contributed by atoms with E-state index in [1.807, 2.05) is 51.1 Å². The molecular weight excluding hydrogens is 887 g/mol. The number of amides is 4. The number of aliphatic hydroxyl groups is 2. The second-order valence-corrected chi connectivity index (χ2v) is 22.2. The molecule has 9 rings (SSSR count). The largest absolute Gasteiger partial charge is 0.481 e. The summed E-state index contributed by atoms with van der Waals surface area (Å²) in [5, 5.41) is 45.9. The van der Waals surface area contributed by atoms with E-state index in [0.717, 1.165) is 48.9 Å². The topological polar surface area (TPSA) is 259 Å². The maximum absolute atomic E-state index is 14.0. The van der Waals surface area contributed by atoms with Gasteiger partial charge in [0.2, 0.25) is 23.6 Å². The van der Waals surface area contributed by atoms with Crippen molar-refractivity contribution in [1.82, 2.24) is 26.6 Å². The average molecular weight is 958 g/mol. The number of rotatable bonds is 21. The molecule has 0 aromatic heterocycles. The van der Waals surface area contributed by atoms with Gasteiger partial charge in [-0.2, -0.15) is 0 Å². The molecule has 17 nitrogen and oxygen atoms in total. The summed E-state index contributed by atoms with van der Waals surface area (Å²) in [6.45, 7) is 9.10. The van der Waals surface area contributed by atoms with Crippen LogP contribution < -0.4 is 26.6 Å². The van der Waals surface area contributed by atoms with Gasteiger partial charge in [-0.3, -0.25) is 33.6 Å². The minimum absolute atomic E-state index is 0.0115. The van der Waals surface area contributed by atoms with Crippen LogP contribution in [-0.2, 0) is 49.5 Å². The van der Waals surface area contributed by atoms with Gasteiger partial charge in [-0.1, -0.05) is 63.6 Å². The SMILES string of the molecule is CC(=O)N[C@@H](CCCCNC(C)C)C(=O)NCC(=O)N[C@@H](CCC(=O)O)C(=O)NC12CC(Cc3ccc([C@@H]4O[C@@H]5C[C@H]6[C@@H]7CCC8=CC(=O)C=C[C@]8(C)[C@H]7[C@@H](O)C[C@]6(C)[C@]5(C(=O)CO)O4)cc3)(C1)C2. The van der Waals surface area contributed by atoms with Crippen LogP contribution in [-0.4, -0.2) is 118 Å². The van der Waals surface area contributed by atoms with Gasteiger partial charge in [0.25, 0.3) is 0 Å². The third-order valence-electron chi connectivity index (χ3n) is 17.0. The molecule has 11 atom stereocenters. The molecule has 69 heavy (non-hydrogen) atoms. The lowest BCUT2D eigenvalue weighted by Gasteiger charge is -2.71. The molecule has 2 bridgehead atoms. The Morgan fingerprint density at radius 3 is 2.32 bits per heavy atom. The quantitative estimate of drug-likeness (QED) is 0.0826. The normalized spacial score (nSPS) is 35.4. The zero-order chi connectivity index (χ0) is 49.7. The summed E-state index contributed by atoms with van der Waals surface area (Å²) in [5.41, 5.74) is -0.380. The molecule has 7 fully saturated rings. The lowest BCUT2D eigenvalue weighted by Crippen LogP contribution is -2.76. The first-order valence-corrected chi connectivity index (χ1v) is 25.0. The Morgan fingerprint density at radius 2 is 1.65 bits per heavy atom. The molecule has 1 heterocycles. The van der Waals surface area contributed by atoms with Crippen LogP contribution in [0.2, 0.25) is 0 Å². The summed E-state index contributed by atoms with van der Waals surface area (Å²) < 4.78 is 13.4. The first kappa shape index (κ1) is 50.6. The van der Waals surface area contributed by atoms with Gasteiger partial charge < -0.3 is 51.4 Å². The number of hydrogen-bond donors (Lipinski definition) is 8. The van der Waals surface area contributed by atoms with Crippen molar-refractivity contribution in [2.45, 2.75) is 166 Å². The Hall–Kier alpha value is -4.81. The van der Waals surface area contributed by atoms with Crippen molar-refractivity contribution in [2.24, 2.45) is 34.0 Å². The minimum atomic E-state index is -1.45. The van der Waals surface area contributed by atoms with Crippen molar-refractivity contribution in [2.75, 3.05) is 19.7 Å². The average Bonchev–Trinajstić information content (AvgIpc) is 3.77. The van der Waals surface area contributed by atoms with Crippen LogP contribution in [0.1, 0.15) is 129 Å². The highest BCUT2D eigenvalue weighted by atomic mass is 16.7. The van der Waals surface area contributed by atoms with E-state index in [2.05, 4.69) is 33.5 Å². The number of carbonyl (C=O) groups excluding carboxylic acids is 6. The maximum Gasteiger partial charge on any atom is 0.303 e. The molecule has 8 N–H and O–H groups in total. The summed E-state index contributed by atoms with van der Waals surface area (Å²) in [5.74, 6) is -3.73. The van der Waals surface area contributed by atoms with Gasteiger partial charge in [-0.15, -0.1) is 0 Å². The number of carbonyl (C=O) groups is 7. The molecule has 17 heteroatoms. The number of benzene rings is 1. The molecule has 1 aliphatic heterocycles. The fraction of sp³-hybridized carbons (Fsp3) is 0.673. The lowest BCUT2D eigenvalue weighted by molar-refractivity contribution is -0.201. The van der Waals surface area contributed by atoms with Gasteiger partial charge in [0.1, 0.15) is 18.7 Å². The van der Waals surface area contributed by atoms with Crippen molar-refractivity contribution in [1.29, 1.82) is 0 Å². The van der Waals surface area contributed by atoms with E-state index in [9.17, 15) is 48.9 Å². The number of hydrogen-bond acceptors (Lipinski definition) is 12. The number of fused-ring (bicyclic) bond motifs is 7. The number of unbranched alkanes of at least 4 members (excludes halogenated alkanes) is 1. The van der Waals surface area contributed by atoms with Crippen LogP contribution in [0.3, 0.4) is 0 Å². The van der Waals surface area contributed by atoms with Crippen molar-refractivity contribution >= 4 is 41.2 Å². The summed E-state index contributed by atoms with van der Waals surface area (Å²) in [7, 11) is 0. The van der Waals surface area contributed by atoms with Crippen LogP contribution >= 0.6 is 0 Å². The van der Waals surface area contributed by atoms with Gasteiger partial charge in [-0.25, -0.2) is 0 Å². The molecule has 6 saturated carbocycles. The molecule has 1 saturated heterocycles. The minimum Gasteiger partial charge on any atom is -0.481 e. The third kappa shape index (κ3) is 9.58. The first-order chi connectivity index (χ1) is 32.6. The van der Waals surface area contributed by atoms with E-state index in [4.69, 9.17) is 9.47 Å². The summed E-state index contributed by atoms with van der Waals surface area (Å²) in [6, 6.07) is 6.25. The Bertz CT molecular complexity index is 2260. The van der Waals surface area contributed by atoms with Crippen LogP contribution in [0.15, 0.2) is 48.1 Å². The number of Topliss-reactive ketones (excluding diaryl/α,β-unsaturated/α-hetero) is 1. The molecule has 1 aromatic carbocycles. The maximum atomic E-state index is 14.0. The van der Waals surface area contributed by atoms with Crippen molar-refractivity contribution in [3.63, 3.8) is 0 Å². The van der Waals surface area contributed by atoms with Gasteiger partial charge in [0, 0.05) is 47.2 Å². The second-order valence-electron chi connectivity index (χ2n) is 22.2. The van der Waals surface area contributed by atoms with Gasteiger partial charge >= 0.3 is 5.97 Å². The Labute approximate surface area is 403 Å². The van der Waals surface area contributed by atoms with E-state index in [-0.39, 0.29) is 47.7 Å². The zero-order valence-corrected chi connectivity index (χ0v) is 40.6. The second kappa shape index (κ2) is 19.4. The van der Waals surface area contributed by atoms with Crippen molar-refractivity contribution < 1.29 is 58.4 Å². The van der Waals surface area contributed by atoms with E-state index in [1.165, 1.54) is 6.92 Å². The number of carboxylic acids is 1. The fourth-order valence-electron chi connectivity index (χ4n) is 14.2. The Kier molecular flexibility index (Phi) is 14.2. The number of carboxylic acid groups (broad SMARTS) is 1. The first-order valence-electron chi connectivity index (χ1n) is 25.0. The van der Waals surface area contributed by atoms with Gasteiger partial charge in [0.05, 0.1) is 18.8 Å².